The number of nitrogens with zero attached hydrogens (tertiary/aromatic N) is 1. The van der Waals surface area contributed by atoms with Crippen LogP contribution in [-0.2, 0) is 11.3 Å². The van der Waals surface area contributed by atoms with Gasteiger partial charge in [0.25, 0.3) is 0 Å². The molecule has 16 heavy (non-hydrogen) atoms. The Balaban J connectivity index is 2.81. The van der Waals surface area contributed by atoms with Crippen LogP contribution in [0.1, 0.15) is 35.6 Å². The average Bonchev–Trinajstić information content (AvgIpc) is 2.60. The number of carbonyl (C=O) groups is 2. The summed E-state index contributed by atoms with van der Waals surface area (Å²) in [5, 5.41) is 9.93. The SMILES string of the molecule is CCn1c(C)cc2c1C(O)=C(C)C(=O)C2=O. The molecule has 1 aliphatic carbocycles. The zero-order valence-electron chi connectivity index (χ0n) is 9.50. The van der Waals surface area contributed by atoms with Crippen molar-refractivity contribution in [3.8, 4) is 0 Å². The first-order valence-corrected chi connectivity index (χ1v) is 5.18. The predicted molar refractivity (Wildman–Crippen MR) is 59.4 cm³/mol. The first-order chi connectivity index (χ1) is 7.49. The number of aromatic nitrogens is 1. The summed E-state index contributed by atoms with van der Waals surface area (Å²) in [5.41, 5.74) is 1.79. The predicted octanol–water partition coefficient (Wildman–Crippen LogP) is 1.87. The van der Waals surface area contributed by atoms with Crippen LogP contribution in [0.15, 0.2) is 11.6 Å². The lowest BCUT2D eigenvalue weighted by Gasteiger charge is -2.15. The summed E-state index contributed by atoms with van der Waals surface area (Å²) in [7, 11) is 0. The molecule has 2 rings (SSSR count). The van der Waals surface area contributed by atoms with Crippen molar-refractivity contribution in [1.29, 1.82) is 0 Å². The molecule has 0 aliphatic heterocycles. The van der Waals surface area contributed by atoms with Gasteiger partial charge in [0.1, 0.15) is 5.76 Å². The summed E-state index contributed by atoms with van der Waals surface area (Å²) in [4.78, 5) is 23.3. The minimum Gasteiger partial charge on any atom is -0.505 e. The third-order valence-electron chi connectivity index (χ3n) is 2.99. The van der Waals surface area contributed by atoms with E-state index >= 15 is 0 Å². The third kappa shape index (κ3) is 1.16. The van der Waals surface area contributed by atoms with Gasteiger partial charge >= 0.3 is 0 Å². The molecular weight excluding hydrogens is 206 g/mol. The number of aryl methyl sites for hydroxylation is 1. The zero-order chi connectivity index (χ0) is 12.0. The van der Waals surface area contributed by atoms with Gasteiger partial charge < -0.3 is 9.67 Å². The number of Topliss-reactive ketones (excluding diaryl/α,β-unsaturated/α-hetero) is 2. The average molecular weight is 219 g/mol. The molecule has 1 heterocycles. The van der Waals surface area contributed by atoms with Gasteiger partial charge in [-0.05, 0) is 26.8 Å². The van der Waals surface area contributed by atoms with Gasteiger partial charge in [-0.25, -0.2) is 0 Å². The quantitative estimate of drug-likeness (QED) is 0.733. The number of hydrogen-bond acceptors (Lipinski definition) is 3. The van der Waals surface area contributed by atoms with Gasteiger partial charge in [-0.15, -0.1) is 0 Å². The maximum atomic E-state index is 11.7. The van der Waals surface area contributed by atoms with Crippen molar-refractivity contribution >= 4 is 17.3 Å². The molecule has 0 unspecified atom stereocenters. The van der Waals surface area contributed by atoms with Crippen molar-refractivity contribution in [2.45, 2.75) is 27.3 Å². The molecule has 1 aromatic rings. The van der Waals surface area contributed by atoms with Crippen molar-refractivity contribution in [1.82, 2.24) is 4.57 Å². The van der Waals surface area contributed by atoms with Crippen molar-refractivity contribution in [3.63, 3.8) is 0 Å². The van der Waals surface area contributed by atoms with E-state index in [-0.39, 0.29) is 11.3 Å². The molecule has 1 N–H and O–H groups in total. The van der Waals surface area contributed by atoms with Crippen LogP contribution in [0, 0.1) is 6.92 Å². The molecule has 0 atom stereocenters. The van der Waals surface area contributed by atoms with E-state index in [0.717, 1.165) is 5.69 Å². The van der Waals surface area contributed by atoms with E-state index < -0.39 is 11.6 Å². The minimum atomic E-state index is -0.613. The maximum absolute atomic E-state index is 11.7. The normalized spacial score (nSPS) is 15.7. The largest absolute Gasteiger partial charge is 0.505 e. The van der Waals surface area contributed by atoms with Crippen LogP contribution in [0.3, 0.4) is 0 Å². The smallest absolute Gasteiger partial charge is 0.235 e. The van der Waals surface area contributed by atoms with Gasteiger partial charge in [-0.1, -0.05) is 0 Å². The van der Waals surface area contributed by atoms with E-state index in [1.165, 1.54) is 6.92 Å². The van der Waals surface area contributed by atoms with Crippen LogP contribution >= 0.6 is 0 Å². The number of fused-ring (bicyclic) bond motifs is 1. The molecule has 0 fully saturated rings. The Morgan fingerprint density at radius 3 is 2.44 bits per heavy atom. The summed E-state index contributed by atoms with van der Waals surface area (Å²) in [6.45, 7) is 5.90. The highest BCUT2D eigenvalue weighted by molar-refractivity contribution is 6.52. The Kier molecular flexibility index (Phi) is 2.22. The number of aliphatic hydroxyl groups is 1. The van der Waals surface area contributed by atoms with Crippen LogP contribution < -0.4 is 0 Å². The lowest BCUT2D eigenvalue weighted by molar-refractivity contribution is -0.111. The van der Waals surface area contributed by atoms with Crippen molar-refractivity contribution in [2.75, 3.05) is 0 Å². The molecule has 0 spiro atoms. The molecule has 0 bridgehead atoms. The van der Waals surface area contributed by atoms with Gasteiger partial charge in [-0.2, -0.15) is 0 Å². The van der Waals surface area contributed by atoms with Crippen LogP contribution in [0.4, 0.5) is 0 Å². The lowest BCUT2D eigenvalue weighted by Crippen LogP contribution is -2.23. The Morgan fingerprint density at radius 2 is 1.88 bits per heavy atom. The van der Waals surface area contributed by atoms with Gasteiger partial charge in [0.2, 0.25) is 11.6 Å². The van der Waals surface area contributed by atoms with Crippen LogP contribution in [0.25, 0.3) is 5.76 Å². The van der Waals surface area contributed by atoms with Crippen molar-refractivity contribution in [2.24, 2.45) is 0 Å². The Morgan fingerprint density at radius 1 is 1.25 bits per heavy atom. The van der Waals surface area contributed by atoms with Crippen molar-refractivity contribution in [3.05, 3.63) is 28.6 Å². The second-order valence-electron chi connectivity index (χ2n) is 3.92. The zero-order valence-corrected chi connectivity index (χ0v) is 9.50. The monoisotopic (exact) mass is 219 g/mol. The number of rotatable bonds is 1. The fourth-order valence-electron chi connectivity index (χ4n) is 2.09. The first-order valence-electron chi connectivity index (χ1n) is 5.18. The lowest BCUT2D eigenvalue weighted by atomic mass is 9.94. The van der Waals surface area contributed by atoms with Gasteiger partial charge in [0, 0.05) is 17.8 Å². The van der Waals surface area contributed by atoms with E-state index in [1.807, 2.05) is 18.4 Å². The molecule has 0 amide bonds. The fourth-order valence-corrected chi connectivity index (χ4v) is 2.09. The highest BCUT2D eigenvalue weighted by Gasteiger charge is 2.33. The summed E-state index contributed by atoms with van der Waals surface area (Å²) >= 11 is 0. The van der Waals surface area contributed by atoms with Crippen LogP contribution in [-0.4, -0.2) is 21.2 Å². The summed E-state index contributed by atoms with van der Waals surface area (Å²) in [6, 6.07) is 1.65. The van der Waals surface area contributed by atoms with Gasteiger partial charge in [0.05, 0.1) is 11.3 Å². The molecule has 4 heteroatoms. The molecule has 1 aromatic heterocycles. The standard InChI is InChI=1S/C12H13NO3/c1-4-13-6(2)5-8-9(13)10(14)7(3)11(15)12(8)16/h5,14H,4H2,1-3H3. The Hall–Kier alpha value is -1.84. The topological polar surface area (TPSA) is 59.3 Å². The molecule has 84 valence electrons. The molecular formula is C12H13NO3. The third-order valence-corrected chi connectivity index (χ3v) is 2.99. The molecule has 4 nitrogen and oxygen atoms in total. The van der Waals surface area contributed by atoms with Crippen molar-refractivity contribution < 1.29 is 14.7 Å². The fraction of sp³-hybridized carbons (Fsp3) is 0.333. The molecule has 1 aliphatic rings. The van der Waals surface area contributed by atoms with Crippen LogP contribution in [0.5, 0.6) is 0 Å². The van der Waals surface area contributed by atoms with Crippen LogP contribution in [0.2, 0.25) is 0 Å². The Labute approximate surface area is 93.2 Å². The van der Waals surface area contributed by atoms with Gasteiger partial charge in [-0.3, -0.25) is 9.59 Å². The van der Waals surface area contributed by atoms with E-state index in [4.69, 9.17) is 0 Å². The highest BCUT2D eigenvalue weighted by Crippen LogP contribution is 2.30. The second kappa shape index (κ2) is 3.33. The molecule has 0 saturated heterocycles. The Bertz CT molecular complexity index is 535. The second-order valence-corrected chi connectivity index (χ2v) is 3.92. The summed E-state index contributed by atoms with van der Waals surface area (Å²) < 4.78 is 1.83. The molecule has 0 saturated carbocycles. The molecule has 0 radical (unpaired) electrons. The number of ketones is 2. The number of aliphatic hydroxyl groups excluding tert-OH is 1. The van der Waals surface area contributed by atoms with Gasteiger partial charge in [0.15, 0.2) is 0 Å². The highest BCUT2D eigenvalue weighted by atomic mass is 16.3. The van der Waals surface area contributed by atoms with E-state index in [0.29, 0.717) is 17.8 Å². The summed E-state index contributed by atoms with van der Waals surface area (Å²) in [5.74, 6) is -1.21. The summed E-state index contributed by atoms with van der Waals surface area (Å²) in [6.07, 6.45) is 0. The van der Waals surface area contributed by atoms with E-state index in [2.05, 4.69) is 0 Å². The van der Waals surface area contributed by atoms with E-state index in [1.54, 1.807) is 6.07 Å². The molecule has 0 aromatic carbocycles. The maximum Gasteiger partial charge on any atom is 0.235 e. The van der Waals surface area contributed by atoms with E-state index in [9.17, 15) is 14.7 Å². The number of carbonyl (C=O) groups excluding carboxylic acids is 2. The number of hydrogen-bond donors (Lipinski definition) is 1. The number of allylic oxidation sites excluding steroid dienone is 1. The first kappa shape index (κ1) is 10.7. The minimum absolute atomic E-state index is 0.0745.